The van der Waals surface area contributed by atoms with Crippen molar-refractivity contribution in [1.82, 2.24) is 4.57 Å². The third-order valence-electron chi connectivity index (χ3n) is 5.22. The van der Waals surface area contributed by atoms with Gasteiger partial charge in [0.2, 0.25) is 0 Å². The van der Waals surface area contributed by atoms with Gasteiger partial charge in [-0.1, -0.05) is 37.6 Å². The largest absolute Gasteiger partial charge is 0.462 e. The van der Waals surface area contributed by atoms with Crippen LogP contribution >= 0.6 is 0 Å². The molecule has 3 rings (SSSR count). The zero-order chi connectivity index (χ0) is 21.0. The Bertz CT molecular complexity index is 903. The Morgan fingerprint density at radius 3 is 2.45 bits per heavy atom. The molecule has 1 aromatic carbocycles. The molecule has 7 heteroatoms. The molecule has 4 nitrogen and oxygen atoms in total. The minimum absolute atomic E-state index is 0.0155. The molecule has 156 valence electrons. The van der Waals surface area contributed by atoms with E-state index in [-0.39, 0.29) is 25.0 Å². The predicted octanol–water partition coefficient (Wildman–Crippen LogP) is 4.58. The lowest BCUT2D eigenvalue weighted by Gasteiger charge is -2.26. The third kappa shape index (κ3) is 5.95. The van der Waals surface area contributed by atoms with E-state index in [9.17, 15) is 22.8 Å². The zero-order valence-corrected chi connectivity index (χ0v) is 16.2. The van der Waals surface area contributed by atoms with Crippen molar-refractivity contribution in [1.29, 1.82) is 0 Å². The van der Waals surface area contributed by atoms with Crippen LogP contribution in [-0.2, 0) is 28.7 Å². The second-order valence-corrected chi connectivity index (χ2v) is 7.76. The minimum atomic E-state index is -4.50. The molecule has 0 radical (unpaired) electrons. The smallest absolute Gasteiger partial charge is 0.417 e. The van der Waals surface area contributed by atoms with Crippen molar-refractivity contribution in [3.05, 3.63) is 69.6 Å². The van der Waals surface area contributed by atoms with Crippen molar-refractivity contribution in [2.45, 2.75) is 57.9 Å². The lowest BCUT2D eigenvalue weighted by molar-refractivity contribution is -0.150. The highest BCUT2D eigenvalue weighted by Gasteiger charge is 2.31. The van der Waals surface area contributed by atoms with Gasteiger partial charge in [-0.25, -0.2) is 0 Å². The summed E-state index contributed by atoms with van der Waals surface area (Å²) in [7, 11) is 0. The SMILES string of the molecule is CC1CCC[C@H](OC(=O)Cc2ccc(Cn3cc(C(F)(F)F)ccc3=O)cc2)C1. The molecule has 29 heavy (non-hydrogen) atoms. The van der Waals surface area contributed by atoms with Gasteiger partial charge in [-0.05, 0) is 42.4 Å². The average Bonchev–Trinajstić information content (AvgIpc) is 2.64. The fourth-order valence-corrected chi connectivity index (χ4v) is 3.66. The van der Waals surface area contributed by atoms with Crippen molar-refractivity contribution in [2.75, 3.05) is 0 Å². The van der Waals surface area contributed by atoms with E-state index in [4.69, 9.17) is 4.74 Å². The van der Waals surface area contributed by atoms with Crippen molar-refractivity contribution in [3.63, 3.8) is 0 Å². The van der Waals surface area contributed by atoms with Crippen molar-refractivity contribution < 1.29 is 22.7 Å². The van der Waals surface area contributed by atoms with Crippen LogP contribution in [0.25, 0.3) is 0 Å². The summed E-state index contributed by atoms with van der Waals surface area (Å²) in [4.78, 5) is 24.0. The second-order valence-electron chi connectivity index (χ2n) is 7.76. The van der Waals surface area contributed by atoms with Gasteiger partial charge in [-0.15, -0.1) is 0 Å². The van der Waals surface area contributed by atoms with Gasteiger partial charge < -0.3 is 9.30 Å². The summed E-state index contributed by atoms with van der Waals surface area (Å²) in [6, 6.07) is 8.58. The van der Waals surface area contributed by atoms with Gasteiger partial charge in [-0.2, -0.15) is 13.2 Å². The van der Waals surface area contributed by atoms with Gasteiger partial charge in [0, 0.05) is 12.3 Å². The number of hydrogen-bond acceptors (Lipinski definition) is 3. The summed E-state index contributed by atoms with van der Waals surface area (Å²) >= 11 is 0. The number of esters is 1. The molecule has 0 aliphatic heterocycles. The Hall–Kier alpha value is -2.57. The number of benzene rings is 1. The molecule has 1 aromatic heterocycles. The Kier molecular flexibility index (Phi) is 6.45. The van der Waals surface area contributed by atoms with Crippen LogP contribution in [0.3, 0.4) is 0 Å². The third-order valence-corrected chi connectivity index (χ3v) is 5.22. The first-order chi connectivity index (χ1) is 13.7. The van der Waals surface area contributed by atoms with E-state index >= 15 is 0 Å². The molecule has 1 unspecified atom stereocenters. The normalized spacial score (nSPS) is 19.7. The van der Waals surface area contributed by atoms with E-state index < -0.39 is 17.3 Å². The number of nitrogens with zero attached hydrogens (tertiary/aromatic N) is 1. The van der Waals surface area contributed by atoms with Crippen LogP contribution in [0, 0.1) is 5.92 Å². The zero-order valence-electron chi connectivity index (χ0n) is 16.2. The predicted molar refractivity (Wildman–Crippen MR) is 102 cm³/mol. The summed E-state index contributed by atoms with van der Waals surface area (Å²) < 4.78 is 45.1. The topological polar surface area (TPSA) is 48.3 Å². The molecule has 1 aliphatic carbocycles. The number of carbonyl (C=O) groups is 1. The van der Waals surface area contributed by atoms with Crippen molar-refractivity contribution in [3.8, 4) is 0 Å². The second kappa shape index (κ2) is 8.84. The van der Waals surface area contributed by atoms with Gasteiger partial charge in [0.05, 0.1) is 18.5 Å². The number of alkyl halides is 3. The molecule has 0 amide bonds. The lowest BCUT2D eigenvalue weighted by atomic mass is 9.89. The van der Waals surface area contributed by atoms with Gasteiger partial charge >= 0.3 is 12.1 Å². The molecule has 2 atom stereocenters. The first-order valence-electron chi connectivity index (χ1n) is 9.75. The Morgan fingerprint density at radius 1 is 1.10 bits per heavy atom. The summed E-state index contributed by atoms with van der Waals surface area (Å²) in [5, 5.41) is 0. The standard InChI is InChI=1S/C22H24F3NO3/c1-15-3-2-4-19(11-15)29-21(28)12-16-5-7-17(8-6-16)13-26-14-18(22(23,24)25)9-10-20(26)27/h5-10,14-15,19H,2-4,11-13H2,1H3/t15?,19-/m0/s1. The van der Waals surface area contributed by atoms with E-state index in [2.05, 4.69) is 6.92 Å². The van der Waals surface area contributed by atoms with Crippen LogP contribution in [0.15, 0.2) is 47.4 Å². The Labute approximate surface area is 167 Å². The molecule has 2 aromatic rings. The molecular formula is C22H24F3NO3. The van der Waals surface area contributed by atoms with Crippen LogP contribution < -0.4 is 5.56 Å². The van der Waals surface area contributed by atoms with Gasteiger partial charge in [0.25, 0.3) is 5.56 Å². The molecule has 0 bridgehead atoms. The number of halogens is 3. The van der Waals surface area contributed by atoms with E-state index in [1.807, 2.05) is 0 Å². The van der Waals surface area contributed by atoms with Gasteiger partial charge in [0.1, 0.15) is 6.10 Å². The summed E-state index contributed by atoms with van der Waals surface area (Å²) in [5.74, 6) is 0.297. The highest BCUT2D eigenvalue weighted by atomic mass is 19.4. The molecule has 0 saturated heterocycles. The maximum atomic E-state index is 12.8. The van der Waals surface area contributed by atoms with E-state index in [1.165, 1.54) is 6.42 Å². The van der Waals surface area contributed by atoms with Crippen LogP contribution in [0.4, 0.5) is 13.2 Å². The monoisotopic (exact) mass is 407 g/mol. The summed E-state index contributed by atoms with van der Waals surface area (Å²) in [6.45, 7) is 2.18. The molecular weight excluding hydrogens is 383 g/mol. The molecule has 0 N–H and O–H groups in total. The molecule has 1 fully saturated rings. The number of pyridine rings is 1. The number of hydrogen-bond donors (Lipinski definition) is 0. The first-order valence-corrected chi connectivity index (χ1v) is 9.75. The fourth-order valence-electron chi connectivity index (χ4n) is 3.66. The number of ether oxygens (including phenoxy) is 1. The van der Waals surface area contributed by atoms with Gasteiger partial charge in [-0.3, -0.25) is 9.59 Å². The van der Waals surface area contributed by atoms with Crippen LogP contribution in [-0.4, -0.2) is 16.6 Å². The number of carbonyl (C=O) groups excluding carboxylic acids is 1. The van der Waals surface area contributed by atoms with Crippen molar-refractivity contribution >= 4 is 5.97 Å². The van der Waals surface area contributed by atoms with Crippen LogP contribution in [0.2, 0.25) is 0 Å². The molecule has 1 aliphatic rings. The van der Waals surface area contributed by atoms with E-state index in [0.29, 0.717) is 11.5 Å². The highest BCUT2D eigenvalue weighted by Crippen LogP contribution is 2.28. The van der Waals surface area contributed by atoms with E-state index in [1.54, 1.807) is 24.3 Å². The first kappa shape index (κ1) is 21.1. The summed E-state index contributed by atoms with van der Waals surface area (Å²) in [5.41, 5.74) is 0.0597. The fraction of sp³-hybridized carbons (Fsp3) is 0.455. The van der Waals surface area contributed by atoms with Gasteiger partial charge in [0.15, 0.2) is 0 Å². The molecule has 0 spiro atoms. The molecule has 1 heterocycles. The van der Waals surface area contributed by atoms with E-state index in [0.717, 1.165) is 47.7 Å². The maximum absolute atomic E-state index is 12.8. The van der Waals surface area contributed by atoms with Crippen molar-refractivity contribution in [2.24, 2.45) is 5.92 Å². The highest BCUT2D eigenvalue weighted by molar-refractivity contribution is 5.72. The Morgan fingerprint density at radius 2 is 1.79 bits per heavy atom. The maximum Gasteiger partial charge on any atom is 0.417 e. The van der Waals surface area contributed by atoms with Crippen LogP contribution in [0.5, 0.6) is 0 Å². The quantitative estimate of drug-likeness (QED) is 0.682. The molecule has 1 saturated carbocycles. The minimum Gasteiger partial charge on any atom is -0.462 e. The Balaban J connectivity index is 1.60. The number of rotatable bonds is 5. The average molecular weight is 407 g/mol. The lowest BCUT2D eigenvalue weighted by Crippen LogP contribution is -2.25. The van der Waals surface area contributed by atoms with Crippen LogP contribution in [0.1, 0.15) is 49.3 Å². The number of aromatic nitrogens is 1. The summed E-state index contributed by atoms with van der Waals surface area (Å²) in [6.07, 6.45) is 0.492.